The van der Waals surface area contributed by atoms with Crippen LogP contribution in [-0.2, 0) is 21.2 Å². The lowest BCUT2D eigenvalue weighted by atomic mass is 10.2. The summed E-state index contributed by atoms with van der Waals surface area (Å²) in [5.41, 5.74) is 1.97. The van der Waals surface area contributed by atoms with E-state index in [0.717, 1.165) is 24.2 Å². The zero-order chi connectivity index (χ0) is 19.4. The predicted molar refractivity (Wildman–Crippen MR) is 105 cm³/mol. The normalized spacial score (nSPS) is 16.1. The molecule has 7 nitrogen and oxygen atoms in total. The van der Waals surface area contributed by atoms with Crippen LogP contribution in [0.5, 0.6) is 0 Å². The van der Waals surface area contributed by atoms with E-state index in [-0.39, 0.29) is 12.5 Å². The molecule has 0 saturated carbocycles. The molecular formula is C18H28N4O3S. The molecule has 0 spiro atoms. The largest absolute Gasteiger partial charge is 0.355 e. The van der Waals surface area contributed by atoms with Crippen LogP contribution in [0.2, 0.25) is 0 Å². The first-order valence-electron chi connectivity index (χ1n) is 8.67. The lowest BCUT2D eigenvalue weighted by molar-refractivity contribution is -0.117. The lowest BCUT2D eigenvalue weighted by Gasteiger charge is -2.24. The molecule has 2 rings (SSSR count). The van der Waals surface area contributed by atoms with E-state index in [0.29, 0.717) is 18.9 Å². The number of benzene rings is 1. The van der Waals surface area contributed by atoms with Crippen molar-refractivity contribution in [3.8, 4) is 0 Å². The molecule has 1 aromatic carbocycles. The maximum atomic E-state index is 11.8. The molecule has 1 aliphatic rings. The number of aliphatic imine (C=N–C) groups is 1. The van der Waals surface area contributed by atoms with Gasteiger partial charge in [-0.25, -0.2) is 8.42 Å². The van der Waals surface area contributed by atoms with Crippen molar-refractivity contribution in [1.82, 2.24) is 10.6 Å². The van der Waals surface area contributed by atoms with Crippen LogP contribution in [0.25, 0.3) is 0 Å². The third-order valence-electron chi connectivity index (χ3n) is 4.69. The second-order valence-electron chi connectivity index (χ2n) is 7.13. The van der Waals surface area contributed by atoms with Gasteiger partial charge in [0.2, 0.25) is 5.91 Å². The Morgan fingerprint density at radius 3 is 2.38 bits per heavy atom. The van der Waals surface area contributed by atoms with E-state index in [1.165, 1.54) is 6.26 Å². The van der Waals surface area contributed by atoms with Crippen LogP contribution < -0.4 is 15.5 Å². The van der Waals surface area contributed by atoms with Crippen molar-refractivity contribution < 1.29 is 13.2 Å². The Kier molecular flexibility index (Phi) is 6.28. The van der Waals surface area contributed by atoms with E-state index in [2.05, 4.69) is 15.6 Å². The van der Waals surface area contributed by atoms with Crippen LogP contribution in [-0.4, -0.2) is 51.4 Å². The fourth-order valence-electron chi connectivity index (χ4n) is 2.55. The van der Waals surface area contributed by atoms with Crippen molar-refractivity contribution in [2.24, 2.45) is 4.99 Å². The summed E-state index contributed by atoms with van der Waals surface area (Å²) >= 11 is 0. The molecule has 1 aromatic rings. The highest BCUT2D eigenvalue weighted by Crippen LogP contribution is 2.21. The topological polar surface area (TPSA) is 90.9 Å². The zero-order valence-electron chi connectivity index (χ0n) is 15.9. The lowest BCUT2D eigenvalue weighted by Crippen LogP contribution is -2.47. The first-order chi connectivity index (χ1) is 12.1. The van der Waals surface area contributed by atoms with Gasteiger partial charge < -0.3 is 15.5 Å². The number of nitrogens with zero attached hydrogens (tertiary/aromatic N) is 2. The Labute approximate surface area is 155 Å². The van der Waals surface area contributed by atoms with Gasteiger partial charge in [-0.1, -0.05) is 12.1 Å². The average molecular weight is 381 g/mol. The Morgan fingerprint density at radius 2 is 1.88 bits per heavy atom. The van der Waals surface area contributed by atoms with Gasteiger partial charge in [-0.2, -0.15) is 0 Å². The van der Waals surface area contributed by atoms with E-state index < -0.39 is 14.6 Å². The molecule has 0 bridgehead atoms. The van der Waals surface area contributed by atoms with Crippen LogP contribution in [0.1, 0.15) is 32.3 Å². The van der Waals surface area contributed by atoms with Crippen molar-refractivity contribution in [2.75, 3.05) is 31.3 Å². The van der Waals surface area contributed by atoms with Crippen molar-refractivity contribution >= 4 is 27.4 Å². The summed E-state index contributed by atoms with van der Waals surface area (Å²) in [6, 6.07) is 7.84. The minimum absolute atomic E-state index is 0.175. The minimum Gasteiger partial charge on any atom is -0.355 e. The molecule has 2 N–H and O–H groups in total. The first-order valence-corrected chi connectivity index (χ1v) is 10.6. The minimum atomic E-state index is -3.17. The van der Waals surface area contributed by atoms with Crippen LogP contribution in [0.15, 0.2) is 29.3 Å². The molecule has 8 heteroatoms. The average Bonchev–Trinajstić information content (AvgIpc) is 3.00. The number of rotatable bonds is 6. The number of sulfone groups is 1. The zero-order valence-corrected chi connectivity index (χ0v) is 16.7. The summed E-state index contributed by atoms with van der Waals surface area (Å²) < 4.78 is 22.7. The number of carbonyl (C=O) groups is 1. The van der Waals surface area contributed by atoms with Gasteiger partial charge in [0.05, 0.1) is 4.75 Å². The highest BCUT2D eigenvalue weighted by Gasteiger charge is 2.30. The molecule has 0 unspecified atom stereocenters. The Morgan fingerprint density at radius 1 is 1.23 bits per heavy atom. The number of nitrogens with one attached hydrogen (secondary N) is 2. The van der Waals surface area contributed by atoms with Crippen molar-refractivity contribution in [2.45, 2.75) is 38.0 Å². The van der Waals surface area contributed by atoms with Gasteiger partial charge in [0.25, 0.3) is 0 Å². The number of hydrogen-bond donors (Lipinski definition) is 2. The van der Waals surface area contributed by atoms with Crippen molar-refractivity contribution in [1.29, 1.82) is 0 Å². The van der Waals surface area contributed by atoms with E-state index in [1.807, 2.05) is 29.2 Å². The molecule has 1 fully saturated rings. The molecule has 1 heterocycles. The van der Waals surface area contributed by atoms with E-state index in [4.69, 9.17) is 0 Å². The Bertz CT molecular complexity index is 770. The molecule has 0 aromatic heterocycles. The molecule has 0 radical (unpaired) electrons. The summed E-state index contributed by atoms with van der Waals surface area (Å²) in [6.45, 7) is 4.96. The van der Waals surface area contributed by atoms with Crippen LogP contribution in [0.4, 0.5) is 5.69 Å². The number of anilines is 1. The molecule has 1 aliphatic heterocycles. The number of carbonyl (C=O) groups excluding carboxylic acids is 1. The first kappa shape index (κ1) is 20.2. The summed E-state index contributed by atoms with van der Waals surface area (Å²) in [6.07, 6.45) is 2.76. The number of guanidine groups is 1. The monoisotopic (exact) mass is 380 g/mol. The van der Waals surface area contributed by atoms with Crippen molar-refractivity contribution in [3.05, 3.63) is 29.8 Å². The fourth-order valence-corrected chi connectivity index (χ4v) is 2.88. The highest BCUT2D eigenvalue weighted by atomic mass is 32.2. The molecule has 144 valence electrons. The molecule has 26 heavy (non-hydrogen) atoms. The molecule has 0 aliphatic carbocycles. The summed E-state index contributed by atoms with van der Waals surface area (Å²) in [7, 11) is -1.52. The molecule has 0 atom stereocenters. The summed E-state index contributed by atoms with van der Waals surface area (Å²) in [5.74, 6) is 0.717. The predicted octanol–water partition coefficient (Wildman–Crippen LogP) is 1.30. The molecule has 1 saturated heterocycles. The van der Waals surface area contributed by atoms with Gasteiger partial charge in [-0.05, 0) is 38.0 Å². The molecule has 1 amide bonds. The maximum absolute atomic E-state index is 11.8. The van der Waals surface area contributed by atoms with E-state index in [1.54, 1.807) is 20.9 Å². The second-order valence-corrected chi connectivity index (χ2v) is 9.78. The van der Waals surface area contributed by atoms with Crippen molar-refractivity contribution in [3.63, 3.8) is 0 Å². The molecular weight excluding hydrogens is 352 g/mol. The van der Waals surface area contributed by atoms with E-state index in [9.17, 15) is 13.2 Å². The Hall–Kier alpha value is -2.09. The van der Waals surface area contributed by atoms with E-state index >= 15 is 0 Å². The SMILES string of the molecule is CN=C(NCc1ccc(N2CCCC2=O)cc1)NCC(C)(C)S(C)(=O)=O. The van der Waals surface area contributed by atoms with Gasteiger partial charge >= 0.3 is 0 Å². The van der Waals surface area contributed by atoms with Crippen LogP contribution >= 0.6 is 0 Å². The summed E-state index contributed by atoms with van der Waals surface area (Å²) in [5, 5.41) is 6.23. The fraction of sp³-hybridized carbons (Fsp3) is 0.556. The highest BCUT2D eigenvalue weighted by molar-refractivity contribution is 7.92. The summed E-state index contributed by atoms with van der Waals surface area (Å²) in [4.78, 5) is 17.7. The second kappa shape index (κ2) is 8.07. The third-order valence-corrected chi connectivity index (χ3v) is 6.84. The van der Waals surface area contributed by atoms with Crippen LogP contribution in [0.3, 0.4) is 0 Å². The van der Waals surface area contributed by atoms with Gasteiger partial charge in [0.15, 0.2) is 15.8 Å². The third kappa shape index (κ3) is 4.97. The quantitative estimate of drug-likeness (QED) is 0.573. The van der Waals surface area contributed by atoms with Gasteiger partial charge in [0, 0.05) is 45.0 Å². The maximum Gasteiger partial charge on any atom is 0.227 e. The smallest absolute Gasteiger partial charge is 0.227 e. The van der Waals surface area contributed by atoms with Gasteiger partial charge in [0.1, 0.15) is 0 Å². The van der Waals surface area contributed by atoms with Crippen LogP contribution in [0, 0.1) is 0 Å². The van der Waals surface area contributed by atoms with Gasteiger partial charge in [-0.3, -0.25) is 9.79 Å². The number of hydrogen-bond acceptors (Lipinski definition) is 4. The Balaban J connectivity index is 1.89. The number of amides is 1. The standard InChI is InChI=1S/C18H28N4O3S/c1-18(2,26(4,24)25)13-21-17(19-3)20-12-14-7-9-15(10-8-14)22-11-5-6-16(22)23/h7-10H,5-6,11-13H2,1-4H3,(H2,19,20,21). The van der Waals surface area contributed by atoms with Gasteiger partial charge in [-0.15, -0.1) is 0 Å².